The summed E-state index contributed by atoms with van der Waals surface area (Å²) in [4.78, 5) is 14.5. The largest absolute Gasteiger partial charge is 0.384 e. The molecule has 0 saturated carbocycles. The van der Waals surface area contributed by atoms with E-state index in [1.54, 1.807) is 53.4 Å². The average molecular weight is 457 g/mol. The number of piperazine rings is 1. The van der Waals surface area contributed by atoms with E-state index >= 15 is 0 Å². The number of halogens is 1. The molecule has 7 nitrogen and oxygen atoms in total. The van der Waals surface area contributed by atoms with Crippen LogP contribution >= 0.6 is 11.6 Å². The molecule has 1 fully saturated rings. The molecule has 9 heteroatoms. The first-order valence-electron chi connectivity index (χ1n) is 9.64. The van der Waals surface area contributed by atoms with Gasteiger partial charge in [0, 0.05) is 30.2 Å². The maximum absolute atomic E-state index is 13.1. The third-order valence-corrected chi connectivity index (χ3v) is 7.41. The van der Waals surface area contributed by atoms with Gasteiger partial charge < -0.3 is 10.6 Å². The van der Waals surface area contributed by atoms with Gasteiger partial charge in [-0.05, 0) is 40.6 Å². The van der Waals surface area contributed by atoms with Crippen molar-refractivity contribution in [1.82, 2.24) is 9.21 Å². The minimum Gasteiger partial charge on any atom is -0.384 e. The summed E-state index contributed by atoms with van der Waals surface area (Å²) in [5.74, 6) is -0.267. The molecule has 3 aromatic carbocycles. The van der Waals surface area contributed by atoms with E-state index in [9.17, 15) is 13.2 Å². The second-order valence-corrected chi connectivity index (χ2v) is 9.79. The summed E-state index contributed by atoms with van der Waals surface area (Å²) in [7, 11) is -3.79. The van der Waals surface area contributed by atoms with Crippen LogP contribution in [-0.2, 0) is 21.4 Å². The number of hydrogen-bond acceptors (Lipinski definition) is 4. The molecular formula is C22H21ClN4O3S. The van der Waals surface area contributed by atoms with E-state index in [2.05, 4.69) is 0 Å². The quantitative estimate of drug-likeness (QED) is 0.454. The molecule has 0 spiro atoms. The van der Waals surface area contributed by atoms with Crippen LogP contribution in [0.25, 0.3) is 10.8 Å². The number of carbonyl (C=O) groups is 1. The van der Waals surface area contributed by atoms with Crippen molar-refractivity contribution in [3.63, 3.8) is 0 Å². The Balaban J connectivity index is 1.48. The molecule has 4 rings (SSSR count). The predicted octanol–water partition coefficient (Wildman–Crippen LogP) is 2.81. The number of amides is 1. The molecule has 1 aliphatic rings. The number of nitrogens with zero attached hydrogens (tertiary/aromatic N) is 2. The number of amidine groups is 1. The highest BCUT2D eigenvalue weighted by molar-refractivity contribution is 7.89. The van der Waals surface area contributed by atoms with Crippen molar-refractivity contribution in [2.24, 2.45) is 5.73 Å². The highest BCUT2D eigenvalue weighted by Crippen LogP contribution is 2.25. The van der Waals surface area contributed by atoms with Crippen LogP contribution in [0.5, 0.6) is 0 Å². The SMILES string of the molecule is N=C(N)c1ccc(CN2CCN(S(=O)(=O)c3ccc4cc(Cl)ccc4c3)CC2=O)cc1. The number of nitrogen functional groups attached to an aromatic ring is 1. The summed E-state index contributed by atoms with van der Waals surface area (Å²) in [6.45, 7) is 0.697. The maximum Gasteiger partial charge on any atom is 0.243 e. The summed E-state index contributed by atoms with van der Waals surface area (Å²) in [6.07, 6.45) is 0. The van der Waals surface area contributed by atoms with Crippen LogP contribution in [-0.4, -0.2) is 49.0 Å². The molecule has 1 heterocycles. The van der Waals surface area contributed by atoms with E-state index in [1.807, 2.05) is 12.1 Å². The number of rotatable bonds is 5. The highest BCUT2D eigenvalue weighted by Gasteiger charge is 2.32. The Morgan fingerprint density at radius 3 is 2.35 bits per heavy atom. The zero-order valence-electron chi connectivity index (χ0n) is 16.6. The Morgan fingerprint density at radius 2 is 1.68 bits per heavy atom. The number of benzene rings is 3. The normalized spacial score (nSPS) is 15.4. The fourth-order valence-corrected chi connectivity index (χ4v) is 5.17. The van der Waals surface area contributed by atoms with Crippen molar-refractivity contribution in [3.8, 4) is 0 Å². The van der Waals surface area contributed by atoms with E-state index < -0.39 is 10.0 Å². The van der Waals surface area contributed by atoms with Crippen molar-refractivity contribution in [2.75, 3.05) is 19.6 Å². The Hall–Kier alpha value is -2.94. The van der Waals surface area contributed by atoms with E-state index in [1.165, 1.54) is 4.31 Å². The van der Waals surface area contributed by atoms with Gasteiger partial charge in [-0.3, -0.25) is 10.2 Å². The zero-order chi connectivity index (χ0) is 22.2. The third kappa shape index (κ3) is 4.41. The van der Waals surface area contributed by atoms with Crippen LogP contribution in [0.4, 0.5) is 0 Å². The van der Waals surface area contributed by atoms with Gasteiger partial charge in [0.25, 0.3) is 0 Å². The zero-order valence-corrected chi connectivity index (χ0v) is 18.2. The predicted molar refractivity (Wildman–Crippen MR) is 121 cm³/mol. The van der Waals surface area contributed by atoms with E-state index in [0.717, 1.165) is 16.3 Å². The van der Waals surface area contributed by atoms with Crippen LogP contribution in [0, 0.1) is 5.41 Å². The summed E-state index contributed by atoms with van der Waals surface area (Å²) >= 11 is 6.00. The third-order valence-electron chi connectivity index (χ3n) is 5.33. The van der Waals surface area contributed by atoms with Gasteiger partial charge >= 0.3 is 0 Å². The first-order chi connectivity index (χ1) is 14.7. The average Bonchev–Trinajstić information content (AvgIpc) is 2.75. The van der Waals surface area contributed by atoms with Crippen molar-refractivity contribution >= 4 is 44.1 Å². The van der Waals surface area contributed by atoms with Crippen LogP contribution in [0.1, 0.15) is 11.1 Å². The van der Waals surface area contributed by atoms with E-state index in [-0.39, 0.29) is 29.7 Å². The van der Waals surface area contributed by atoms with Crippen molar-refractivity contribution in [3.05, 3.63) is 76.8 Å². The summed E-state index contributed by atoms with van der Waals surface area (Å²) in [6, 6.07) is 17.2. The number of sulfonamides is 1. The van der Waals surface area contributed by atoms with Gasteiger partial charge in [-0.25, -0.2) is 8.42 Å². The fourth-order valence-electron chi connectivity index (χ4n) is 3.57. The lowest BCUT2D eigenvalue weighted by Crippen LogP contribution is -2.51. The maximum atomic E-state index is 13.1. The second kappa shape index (κ2) is 8.30. The van der Waals surface area contributed by atoms with Crippen LogP contribution in [0.2, 0.25) is 5.02 Å². The van der Waals surface area contributed by atoms with Crippen molar-refractivity contribution < 1.29 is 13.2 Å². The molecule has 1 saturated heterocycles. The Morgan fingerprint density at radius 1 is 1.00 bits per heavy atom. The molecular weight excluding hydrogens is 436 g/mol. The molecule has 3 aromatic rings. The summed E-state index contributed by atoms with van der Waals surface area (Å²) in [5.41, 5.74) is 6.97. The molecule has 0 aliphatic carbocycles. The lowest BCUT2D eigenvalue weighted by atomic mass is 10.1. The van der Waals surface area contributed by atoms with Gasteiger partial charge in [0.2, 0.25) is 15.9 Å². The Labute approximate surface area is 185 Å². The van der Waals surface area contributed by atoms with E-state index in [4.69, 9.17) is 22.7 Å². The standard InChI is InChI=1S/C22H21ClN4O3S/c23-19-7-5-18-12-20(8-6-17(18)11-19)31(29,30)27-10-9-26(21(28)14-27)13-15-1-3-16(4-2-15)22(24)25/h1-8,11-12H,9-10,13-14H2,(H3,24,25). The number of fused-ring (bicyclic) bond motifs is 1. The molecule has 1 amide bonds. The molecule has 0 aromatic heterocycles. The molecule has 31 heavy (non-hydrogen) atoms. The molecule has 160 valence electrons. The second-order valence-electron chi connectivity index (χ2n) is 7.42. The van der Waals surface area contributed by atoms with Crippen LogP contribution in [0.3, 0.4) is 0 Å². The topological polar surface area (TPSA) is 108 Å². The highest BCUT2D eigenvalue weighted by atomic mass is 35.5. The monoisotopic (exact) mass is 456 g/mol. The summed E-state index contributed by atoms with van der Waals surface area (Å²) < 4.78 is 27.4. The lowest BCUT2D eigenvalue weighted by molar-refractivity contribution is -0.134. The molecule has 1 aliphatic heterocycles. The van der Waals surface area contributed by atoms with Crippen LogP contribution < -0.4 is 5.73 Å². The summed E-state index contributed by atoms with van der Waals surface area (Å²) in [5, 5.41) is 9.64. The fraction of sp³-hybridized carbons (Fsp3) is 0.182. The number of hydrogen-bond donors (Lipinski definition) is 2. The molecule has 0 unspecified atom stereocenters. The van der Waals surface area contributed by atoms with Gasteiger partial charge in [-0.1, -0.05) is 48.0 Å². The van der Waals surface area contributed by atoms with Gasteiger partial charge in [0.1, 0.15) is 5.84 Å². The van der Waals surface area contributed by atoms with Gasteiger partial charge in [0.15, 0.2) is 0 Å². The molecule has 0 bridgehead atoms. The van der Waals surface area contributed by atoms with Crippen LogP contribution in [0.15, 0.2) is 65.6 Å². The molecule has 0 radical (unpaired) electrons. The Kier molecular flexibility index (Phi) is 5.70. The lowest BCUT2D eigenvalue weighted by Gasteiger charge is -2.33. The van der Waals surface area contributed by atoms with Gasteiger partial charge in [-0.2, -0.15) is 4.31 Å². The van der Waals surface area contributed by atoms with E-state index in [0.29, 0.717) is 23.7 Å². The van der Waals surface area contributed by atoms with Crippen molar-refractivity contribution in [2.45, 2.75) is 11.4 Å². The number of nitrogens with two attached hydrogens (primary N) is 1. The number of carbonyl (C=O) groups excluding carboxylic acids is 1. The van der Waals surface area contributed by atoms with Crippen molar-refractivity contribution in [1.29, 1.82) is 5.41 Å². The van der Waals surface area contributed by atoms with Gasteiger partial charge in [0.05, 0.1) is 11.4 Å². The number of nitrogens with one attached hydrogen (secondary N) is 1. The molecule has 3 N–H and O–H groups in total. The Bertz CT molecular complexity index is 1280. The minimum absolute atomic E-state index is 0.0155. The molecule has 0 atom stereocenters. The first-order valence-corrected chi connectivity index (χ1v) is 11.5. The van der Waals surface area contributed by atoms with Gasteiger partial charge in [-0.15, -0.1) is 0 Å². The minimum atomic E-state index is -3.79. The smallest absolute Gasteiger partial charge is 0.243 e. The first kappa shape index (κ1) is 21.3.